The van der Waals surface area contributed by atoms with E-state index in [1.165, 1.54) is 25.7 Å². The zero-order chi connectivity index (χ0) is 16.7. The number of likely N-dealkylation sites (tertiary alicyclic amines) is 1. The zero-order valence-corrected chi connectivity index (χ0v) is 14.6. The average Bonchev–Trinajstić information content (AvgIpc) is 3.31. The van der Waals surface area contributed by atoms with Crippen LogP contribution >= 0.6 is 0 Å². The molecule has 2 fully saturated rings. The maximum atomic E-state index is 13.1. The lowest BCUT2D eigenvalue weighted by atomic mass is 9.95. The van der Waals surface area contributed by atoms with Crippen molar-refractivity contribution < 1.29 is 4.79 Å². The van der Waals surface area contributed by atoms with Gasteiger partial charge in [-0.25, -0.2) is 9.67 Å². The van der Waals surface area contributed by atoms with Crippen molar-refractivity contribution in [2.45, 2.75) is 64.5 Å². The Bertz CT molecular complexity index is 745. The van der Waals surface area contributed by atoms with Crippen molar-refractivity contribution >= 4 is 16.9 Å². The first kappa shape index (κ1) is 15.6. The molecule has 4 rings (SSSR count). The second kappa shape index (κ2) is 6.19. The number of nitrogens with zero attached hydrogens (tertiary/aromatic N) is 4. The third kappa shape index (κ3) is 2.60. The molecule has 5 heteroatoms. The first-order valence-electron chi connectivity index (χ1n) is 9.29. The number of hydrogen-bond donors (Lipinski definition) is 0. The van der Waals surface area contributed by atoms with Crippen LogP contribution in [-0.2, 0) is 0 Å². The van der Waals surface area contributed by atoms with E-state index in [9.17, 15) is 4.79 Å². The molecule has 1 aliphatic carbocycles. The number of fused-ring (bicyclic) bond motifs is 1. The molecule has 1 unspecified atom stereocenters. The Morgan fingerprint density at radius 1 is 1.17 bits per heavy atom. The minimum absolute atomic E-state index is 0.149. The van der Waals surface area contributed by atoms with E-state index in [0.717, 1.165) is 30.4 Å². The zero-order valence-electron chi connectivity index (χ0n) is 14.6. The van der Waals surface area contributed by atoms with Crippen molar-refractivity contribution in [3.05, 3.63) is 24.0 Å². The van der Waals surface area contributed by atoms with Gasteiger partial charge in [-0.05, 0) is 51.5 Å². The third-order valence-corrected chi connectivity index (χ3v) is 5.67. The van der Waals surface area contributed by atoms with Crippen LogP contribution in [0.4, 0.5) is 0 Å². The highest BCUT2D eigenvalue weighted by Gasteiger charge is 2.36. The summed E-state index contributed by atoms with van der Waals surface area (Å²) in [6.45, 7) is 5.07. The van der Waals surface area contributed by atoms with Gasteiger partial charge in [0, 0.05) is 30.2 Å². The summed E-state index contributed by atoms with van der Waals surface area (Å²) in [5, 5.41) is 5.35. The molecule has 0 spiro atoms. The second-order valence-electron chi connectivity index (χ2n) is 7.57. The Balaban J connectivity index is 1.60. The topological polar surface area (TPSA) is 51.0 Å². The minimum Gasteiger partial charge on any atom is -0.335 e. The van der Waals surface area contributed by atoms with Crippen LogP contribution < -0.4 is 0 Å². The van der Waals surface area contributed by atoms with Gasteiger partial charge in [0.1, 0.15) is 0 Å². The lowest BCUT2D eigenvalue weighted by Gasteiger charge is -2.29. The molecule has 1 amide bonds. The number of carbonyl (C=O) groups is 1. The smallest absolute Gasteiger partial charge is 0.255 e. The highest BCUT2D eigenvalue weighted by Crippen LogP contribution is 2.36. The highest BCUT2D eigenvalue weighted by molar-refractivity contribution is 5.97. The molecule has 0 radical (unpaired) electrons. The van der Waals surface area contributed by atoms with E-state index in [0.29, 0.717) is 17.5 Å². The molecular formula is C19H26N4O. The average molecular weight is 326 g/mol. The Kier molecular flexibility index (Phi) is 4.02. The van der Waals surface area contributed by atoms with E-state index in [1.807, 2.05) is 16.9 Å². The van der Waals surface area contributed by atoms with Crippen LogP contribution in [0.25, 0.3) is 11.0 Å². The third-order valence-electron chi connectivity index (χ3n) is 5.67. The predicted molar refractivity (Wildman–Crippen MR) is 93.9 cm³/mol. The molecule has 128 valence electrons. The van der Waals surface area contributed by atoms with Crippen molar-refractivity contribution in [1.82, 2.24) is 19.7 Å². The Morgan fingerprint density at radius 3 is 2.71 bits per heavy atom. The molecule has 0 aromatic carbocycles. The van der Waals surface area contributed by atoms with E-state index in [1.54, 1.807) is 6.20 Å². The quantitative estimate of drug-likeness (QED) is 0.862. The molecule has 5 nitrogen and oxygen atoms in total. The van der Waals surface area contributed by atoms with Gasteiger partial charge in [-0.2, -0.15) is 5.10 Å². The van der Waals surface area contributed by atoms with Crippen molar-refractivity contribution in [3.63, 3.8) is 0 Å². The van der Waals surface area contributed by atoms with Crippen LogP contribution in [0.2, 0.25) is 0 Å². The first-order chi connectivity index (χ1) is 11.6. The standard InChI is InChI=1S/C19H26N4O/c1-13(2)23-18-15(12-21-23)10-16(11-20-18)19(24)22-9-5-8-17(22)14-6-3-4-7-14/h10-14,17H,3-9H2,1-2H3. The minimum atomic E-state index is 0.149. The monoisotopic (exact) mass is 326 g/mol. The van der Waals surface area contributed by atoms with E-state index < -0.39 is 0 Å². The number of pyridine rings is 1. The summed E-state index contributed by atoms with van der Waals surface area (Å²) < 4.78 is 1.90. The highest BCUT2D eigenvalue weighted by atomic mass is 16.2. The fraction of sp³-hybridized carbons (Fsp3) is 0.632. The van der Waals surface area contributed by atoms with Crippen LogP contribution in [0.1, 0.15) is 68.8 Å². The molecular weight excluding hydrogens is 300 g/mol. The summed E-state index contributed by atoms with van der Waals surface area (Å²) in [5.74, 6) is 0.855. The summed E-state index contributed by atoms with van der Waals surface area (Å²) >= 11 is 0. The van der Waals surface area contributed by atoms with Crippen LogP contribution in [0.15, 0.2) is 18.5 Å². The predicted octanol–water partition coefficient (Wildman–Crippen LogP) is 3.81. The molecule has 0 N–H and O–H groups in total. The summed E-state index contributed by atoms with van der Waals surface area (Å²) in [5.41, 5.74) is 1.56. The first-order valence-corrected chi connectivity index (χ1v) is 9.29. The van der Waals surface area contributed by atoms with E-state index >= 15 is 0 Å². The Labute approximate surface area is 143 Å². The van der Waals surface area contributed by atoms with Crippen molar-refractivity contribution in [3.8, 4) is 0 Å². The van der Waals surface area contributed by atoms with Gasteiger partial charge in [0.2, 0.25) is 0 Å². The molecule has 1 aliphatic heterocycles. The fourth-order valence-electron chi connectivity index (χ4n) is 4.48. The maximum Gasteiger partial charge on any atom is 0.255 e. The maximum absolute atomic E-state index is 13.1. The summed E-state index contributed by atoms with van der Waals surface area (Å²) in [7, 11) is 0. The van der Waals surface area contributed by atoms with Crippen molar-refractivity contribution in [1.29, 1.82) is 0 Å². The van der Waals surface area contributed by atoms with Crippen molar-refractivity contribution in [2.75, 3.05) is 6.54 Å². The molecule has 1 atom stereocenters. The molecule has 2 aliphatic rings. The van der Waals surface area contributed by atoms with E-state index in [4.69, 9.17) is 0 Å². The largest absolute Gasteiger partial charge is 0.335 e. The van der Waals surface area contributed by atoms with Gasteiger partial charge < -0.3 is 4.90 Å². The molecule has 1 saturated heterocycles. The summed E-state index contributed by atoms with van der Waals surface area (Å²) in [6.07, 6.45) is 11.1. The van der Waals surface area contributed by atoms with Gasteiger partial charge in [0.15, 0.2) is 5.65 Å². The molecule has 2 aromatic rings. The number of aromatic nitrogens is 3. The molecule has 1 saturated carbocycles. The van der Waals surface area contributed by atoms with Crippen molar-refractivity contribution in [2.24, 2.45) is 5.92 Å². The molecule has 2 aromatic heterocycles. The van der Waals surface area contributed by atoms with Gasteiger partial charge in [0.05, 0.1) is 11.8 Å². The lowest BCUT2D eigenvalue weighted by molar-refractivity contribution is 0.0689. The summed E-state index contributed by atoms with van der Waals surface area (Å²) in [4.78, 5) is 19.7. The van der Waals surface area contributed by atoms with E-state index in [-0.39, 0.29) is 11.9 Å². The number of carbonyl (C=O) groups excluding carboxylic acids is 1. The van der Waals surface area contributed by atoms with Gasteiger partial charge in [-0.15, -0.1) is 0 Å². The SMILES string of the molecule is CC(C)n1ncc2cc(C(=O)N3CCCC3C3CCCC3)cnc21. The van der Waals surface area contributed by atoms with Gasteiger partial charge in [-0.1, -0.05) is 12.8 Å². The molecule has 3 heterocycles. The fourth-order valence-corrected chi connectivity index (χ4v) is 4.48. The molecule has 24 heavy (non-hydrogen) atoms. The lowest BCUT2D eigenvalue weighted by Crippen LogP contribution is -2.39. The summed E-state index contributed by atoms with van der Waals surface area (Å²) in [6, 6.07) is 2.66. The number of hydrogen-bond acceptors (Lipinski definition) is 3. The molecule has 0 bridgehead atoms. The van der Waals surface area contributed by atoms with Gasteiger partial charge in [-0.3, -0.25) is 4.79 Å². The normalized spacial score (nSPS) is 22.1. The van der Waals surface area contributed by atoms with E-state index in [2.05, 4.69) is 28.8 Å². The Morgan fingerprint density at radius 2 is 1.96 bits per heavy atom. The van der Waals surface area contributed by atoms with Crippen LogP contribution in [0, 0.1) is 5.92 Å². The van der Waals surface area contributed by atoms with Gasteiger partial charge in [0.25, 0.3) is 5.91 Å². The number of rotatable bonds is 3. The van der Waals surface area contributed by atoms with Crippen LogP contribution in [-0.4, -0.2) is 38.2 Å². The second-order valence-corrected chi connectivity index (χ2v) is 7.57. The van der Waals surface area contributed by atoms with Gasteiger partial charge >= 0.3 is 0 Å². The van der Waals surface area contributed by atoms with Crippen LogP contribution in [0.3, 0.4) is 0 Å². The number of amides is 1. The Hall–Kier alpha value is -1.91. The van der Waals surface area contributed by atoms with Crippen LogP contribution in [0.5, 0.6) is 0 Å².